The van der Waals surface area contributed by atoms with Gasteiger partial charge in [-0.1, -0.05) is 37.3 Å². The Bertz CT molecular complexity index is 380. The molecule has 1 nitrogen and oxygen atoms in total. The van der Waals surface area contributed by atoms with Crippen LogP contribution in [0.2, 0.25) is 0 Å². The first kappa shape index (κ1) is 12.7. The molecule has 0 spiro atoms. The van der Waals surface area contributed by atoms with Crippen LogP contribution in [0.1, 0.15) is 23.4 Å². The molecule has 0 aliphatic heterocycles. The van der Waals surface area contributed by atoms with Crippen molar-refractivity contribution in [2.75, 3.05) is 0 Å². The predicted molar refractivity (Wildman–Crippen MR) is 71.9 cm³/mol. The van der Waals surface area contributed by atoms with Crippen molar-refractivity contribution in [3.63, 3.8) is 0 Å². The summed E-state index contributed by atoms with van der Waals surface area (Å²) in [5.74, 6) is 0.525. The molecular formula is C14H17NS. The molecule has 0 aliphatic carbocycles. The number of rotatable bonds is 3. The fourth-order valence-electron chi connectivity index (χ4n) is 1.53. The van der Waals surface area contributed by atoms with Crippen LogP contribution in [0.15, 0.2) is 55.1 Å². The molecule has 2 heteroatoms. The molecule has 1 aromatic carbocycles. The van der Waals surface area contributed by atoms with Gasteiger partial charge in [0.2, 0.25) is 0 Å². The van der Waals surface area contributed by atoms with Crippen LogP contribution in [0.3, 0.4) is 0 Å². The van der Waals surface area contributed by atoms with Crippen LogP contribution in [-0.4, -0.2) is 4.98 Å². The predicted octanol–water partition coefficient (Wildman–Crippen LogP) is 4.29. The lowest BCUT2D eigenvalue weighted by atomic mass is 10.0. The summed E-state index contributed by atoms with van der Waals surface area (Å²) in [6, 6.07) is 10.6. The third-order valence-electron chi connectivity index (χ3n) is 2.26. The second kappa shape index (κ2) is 6.96. The van der Waals surface area contributed by atoms with Gasteiger partial charge in [0, 0.05) is 17.5 Å². The van der Waals surface area contributed by atoms with E-state index < -0.39 is 0 Å². The van der Waals surface area contributed by atoms with E-state index in [0.29, 0.717) is 5.92 Å². The molecule has 0 aliphatic rings. The van der Waals surface area contributed by atoms with Crippen molar-refractivity contribution in [2.24, 2.45) is 0 Å². The molecule has 0 bridgehead atoms. The summed E-state index contributed by atoms with van der Waals surface area (Å²) in [7, 11) is 0. The third kappa shape index (κ3) is 3.63. The summed E-state index contributed by atoms with van der Waals surface area (Å²) >= 11 is 1.74. The lowest BCUT2D eigenvalue weighted by Gasteiger charge is -2.07. The van der Waals surface area contributed by atoms with E-state index >= 15 is 0 Å². The summed E-state index contributed by atoms with van der Waals surface area (Å²) in [6.45, 7) is 8.23. The van der Waals surface area contributed by atoms with Gasteiger partial charge in [-0.3, -0.25) is 0 Å². The van der Waals surface area contributed by atoms with Crippen molar-refractivity contribution in [3.05, 3.63) is 65.6 Å². The van der Waals surface area contributed by atoms with Gasteiger partial charge in [-0.25, -0.2) is 4.98 Å². The quantitative estimate of drug-likeness (QED) is 0.718. The number of benzene rings is 1. The molecule has 0 amide bonds. The number of thiazole rings is 1. The Morgan fingerprint density at radius 2 is 1.94 bits per heavy atom. The van der Waals surface area contributed by atoms with E-state index in [1.54, 1.807) is 11.3 Å². The van der Waals surface area contributed by atoms with Gasteiger partial charge < -0.3 is 0 Å². The number of hydrogen-bond acceptors (Lipinski definition) is 2. The normalized spacial score (nSPS) is 11.3. The largest absolute Gasteiger partial charge is 0.249 e. The summed E-state index contributed by atoms with van der Waals surface area (Å²) < 4.78 is 0. The smallest absolute Gasteiger partial charge is 0.0956 e. The first-order valence-corrected chi connectivity index (χ1v) is 6.17. The van der Waals surface area contributed by atoms with Crippen molar-refractivity contribution in [2.45, 2.75) is 19.3 Å². The molecule has 2 aromatic rings. The zero-order chi connectivity index (χ0) is 11.8. The molecule has 0 saturated heterocycles. The van der Waals surface area contributed by atoms with E-state index in [0.717, 1.165) is 6.42 Å². The Labute approximate surface area is 101 Å². The Kier molecular flexibility index (Phi) is 5.51. The molecular weight excluding hydrogens is 214 g/mol. The summed E-state index contributed by atoms with van der Waals surface area (Å²) in [4.78, 5) is 4.33. The maximum atomic E-state index is 4.33. The lowest BCUT2D eigenvalue weighted by Crippen LogP contribution is -1.97. The van der Waals surface area contributed by atoms with Crippen LogP contribution in [0.5, 0.6) is 0 Å². The second-order valence-electron chi connectivity index (χ2n) is 3.46. The Morgan fingerprint density at radius 3 is 2.50 bits per heavy atom. The van der Waals surface area contributed by atoms with Gasteiger partial charge >= 0.3 is 0 Å². The molecule has 0 saturated carbocycles. The summed E-state index contributed by atoms with van der Waals surface area (Å²) in [5.41, 5.74) is 1.38. The molecule has 84 valence electrons. The minimum atomic E-state index is 0.525. The fraction of sp³-hybridized carbons (Fsp3) is 0.214. The zero-order valence-electron chi connectivity index (χ0n) is 9.60. The molecule has 0 fully saturated rings. The Hall–Kier alpha value is -1.41. The lowest BCUT2D eigenvalue weighted by molar-refractivity contribution is 0.751. The minimum absolute atomic E-state index is 0.525. The second-order valence-corrected chi connectivity index (χ2v) is 4.39. The molecule has 1 heterocycles. The minimum Gasteiger partial charge on any atom is -0.249 e. The van der Waals surface area contributed by atoms with Gasteiger partial charge in [-0.05, 0) is 12.0 Å². The summed E-state index contributed by atoms with van der Waals surface area (Å²) in [6.07, 6.45) is 2.95. The average Bonchev–Trinajstić information content (AvgIpc) is 2.86. The number of hydrogen-bond donors (Lipinski definition) is 0. The Balaban J connectivity index is 0.000000606. The van der Waals surface area contributed by atoms with Crippen molar-refractivity contribution in [3.8, 4) is 0 Å². The highest BCUT2D eigenvalue weighted by Gasteiger charge is 2.08. The molecule has 1 atom stereocenters. The van der Waals surface area contributed by atoms with E-state index in [1.807, 2.05) is 11.6 Å². The van der Waals surface area contributed by atoms with E-state index in [1.165, 1.54) is 10.6 Å². The highest BCUT2D eigenvalue weighted by molar-refractivity contribution is 7.09. The van der Waals surface area contributed by atoms with Crippen LogP contribution in [0, 0.1) is 0 Å². The van der Waals surface area contributed by atoms with Crippen molar-refractivity contribution < 1.29 is 0 Å². The van der Waals surface area contributed by atoms with E-state index in [2.05, 4.69) is 55.4 Å². The van der Waals surface area contributed by atoms with Gasteiger partial charge in [0.15, 0.2) is 0 Å². The first-order chi connectivity index (χ1) is 7.86. The first-order valence-electron chi connectivity index (χ1n) is 5.29. The number of aromatic nitrogens is 1. The highest BCUT2D eigenvalue weighted by Crippen LogP contribution is 2.21. The topological polar surface area (TPSA) is 12.9 Å². The highest BCUT2D eigenvalue weighted by atomic mass is 32.1. The molecule has 1 aromatic heterocycles. The van der Waals surface area contributed by atoms with Gasteiger partial charge in [-0.2, -0.15) is 0 Å². The van der Waals surface area contributed by atoms with E-state index in [9.17, 15) is 0 Å². The van der Waals surface area contributed by atoms with Gasteiger partial charge in [-0.15, -0.1) is 24.5 Å². The van der Waals surface area contributed by atoms with Crippen molar-refractivity contribution in [1.29, 1.82) is 0 Å². The van der Waals surface area contributed by atoms with Crippen LogP contribution in [0.4, 0.5) is 0 Å². The monoisotopic (exact) mass is 231 g/mol. The summed E-state index contributed by atoms with van der Waals surface area (Å²) in [5, 5.41) is 3.27. The fourth-order valence-corrected chi connectivity index (χ4v) is 2.23. The Morgan fingerprint density at radius 1 is 1.25 bits per heavy atom. The third-order valence-corrected chi connectivity index (χ3v) is 3.26. The van der Waals surface area contributed by atoms with Crippen LogP contribution in [-0.2, 0) is 6.42 Å². The average molecular weight is 231 g/mol. The van der Waals surface area contributed by atoms with Crippen molar-refractivity contribution in [1.82, 2.24) is 4.98 Å². The zero-order valence-corrected chi connectivity index (χ0v) is 10.4. The standard InChI is InChI=1S/C12H13NS.C2H4/c1-10(12-13-7-8-14-12)9-11-5-3-2-4-6-11;1-2/h2-8,10H,9H2,1H3;1-2H2/t10-;/m0./s1. The maximum Gasteiger partial charge on any atom is 0.0956 e. The van der Waals surface area contributed by atoms with Crippen LogP contribution in [0.25, 0.3) is 0 Å². The van der Waals surface area contributed by atoms with Gasteiger partial charge in [0.05, 0.1) is 5.01 Å². The van der Waals surface area contributed by atoms with Gasteiger partial charge in [0.1, 0.15) is 0 Å². The van der Waals surface area contributed by atoms with E-state index in [4.69, 9.17) is 0 Å². The van der Waals surface area contributed by atoms with Gasteiger partial charge in [0.25, 0.3) is 0 Å². The molecule has 16 heavy (non-hydrogen) atoms. The molecule has 0 N–H and O–H groups in total. The van der Waals surface area contributed by atoms with Crippen LogP contribution >= 0.6 is 11.3 Å². The molecule has 0 unspecified atom stereocenters. The van der Waals surface area contributed by atoms with Crippen molar-refractivity contribution >= 4 is 11.3 Å². The number of nitrogens with zero attached hydrogens (tertiary/aromatic N) is 1. The van der Waals surface area contributed by atoms with Crippen LogP contribution < -0.4 is 0 Å². The van der Waals surface area contributed by atoms with E-state index in [-0.39, 0.29) is 0 Å². The maximum absolute atomic E-state index is 4.33. The molecule has 2 rings (SSSR count). The molecule has 0 radical (unpaired) electrons. The SMILES string of the molecule is C=C.C[C@@H](Cc1ccccc1)c1nccs1.